The Kier molecular flexibility index (Phi) is 1.97. The summed E-state index contributed by atoms with van der Waals surface area (Å²) in [5, 5.41) is 10.4. The molecule has 6 heteroatoms. The number of ether oxygens (including phenoxy) is 2. The van der Waals surface area contributed by atoms with Crippen molar-refractivity contribution in [1.29, 1.82) is 0 Å². The maximum atomic E-state index is 10.4. The molecule has 1 heterocycles. The van der Waals surface area contributed by atoms with Crippen molar-refractivity contribution in [2.45, 2.75) is 6.29 Å². The molecule has 0 radical (unpaired) electrons. The highest BCUT2D eigenvalue weighted by molar-refractivity contribution is 5.50. The van der Waals surface area contributed by atoms with Crippen molar-refractivity contribution < 1.29 is 14.4 Å². The van der Waals surface area contributed by atoms with Crippen LogP contribution in [0, 0.1) is 10.1 Å². The molecular weight excluding hydrogens is 188 g/mol. The Labute approximate surface area is 79.4 Å². The number of benzene rings is 1. The number of hydrogen-bond donors (Lipinski definition) is 1. The molecule has 6 nitrogen and oxygen atoms in total. The third-order valence-electron chi connectivity index (χ3n) is 1.85. The molecule has 1 aliphatic heterocycles. The van der Waals surface area contributed by atoms with Crippen LogP contribution in [0.15, 0.2) is 18.2 Å². The van der Waals surface area contributed by atoms with Crippen molar-refractivity contribution in [3.8, 4) is 11.5 Å². The summed E-state index contributed by atoms with van der Waals surface area (Å²) in [6.07, 6.45) is -0.535. The van der Waals surface area contributed by atoms with Gasteiger partial charge in [0.15, 0.2) is 11.5 Å². The molecule has 14 heavy (non-hydrogen) atoms. The van der Waals surface area contributed by atoms with E-state index in [1.54, 1.807) is 0 Å². The number of nitro benzene ring substituents is 1. The standard InChI is InChI=1S/C8H8N2O4/c9-4-8-13-6-2-1-5(10(11)12)3-7(6)14-8/h1-3,8H,4,9H2. The Morgan fingerprint density at radius 3 is 2.79 bits per heavy atom. The lowest BCUT2D eigenvalue weighted by Crippen LogP contribution is -2.27. The second kappa shape index (κ2) is 3.15. The Hall–Kier alpha value is -1.82. The van der Waals surface area contributed by atoms with Gasteiger partial charge in [0.2, 0.25) is 0 Å². The average molecular weight is 196 g/mol. The first kappa shape index (κ1) is 8.76. The van der Waals surface area contributed by atoms with E-state index >= 15 is 0 Å². The van der Waals surface area contributed by atoms with Gasteiger partial charge in [-0.2, -0.15) is 0 Å². The van der Waals surface area contributed by atoms with Gasteiger partial charge in [-0.05, 0) is 6.07 Å². The second-order valence-corrected chi connectivity index (χ2v) is 2.79. The minimum Gasteiger partial charge on any atom is -0.450 e. The predicted octanol–water partition coefficient (Wildman–Crippen LogP) is 0.651. The summed E-state index contributed by atoms with van der Waals surface area (Å²) in [5.74, 6) is 0.862. The van der Waals surface area contributed by atoms with Crippen LogP contribution in [0.3, 0.4) is 0 Å². The number of nitrogens with two attached hydrogens (primary N) is 1. The summed E-state index contributed by atoms with van der Waals surface area (Å²) in [7, 11) is 0. The third-order valence-corrected chi connectivity index (χ3v) is 1.85. The maximum Gasteiger partial charge on any atom is 0.273 e. The van der Waals surface area contributed by atoms with E-state index in [0.717, 1.165) is 0 Å². The van der Waals surface area contributed by atoms with Crippen molar-refractivity contribution in [2.75, 3.05) is 6.54 Å². The number of nitro groups is 1. The quantitative estimate of drug-likeness (QED) is 0.554. The zero-order valence-electron chi connectivity index (χ0n) is 7.17. The van der Waals surface area contributed by atoms with E-state index in [1.165, 1.54) is 18.2 Å². The summed E-state index contributed by atoms with van der Waals surface area (Å²) in [5.41, 5.74) is 5.30. The molecule has 2 N–H and O–H groups in total. The summed E-state index contributed by atoms with van der Waals surface area (Å²) >= 11 is 0. The Balaban J connectivity index is 2.31. The molecule has 1 atom stereocenters. The van der Waals surface area contributed by atoms with E-state index in [2.05, 4.69) is 0 Å². The van der Waals surface area contributed by atoms with E-state index in [0.29, 0.717) is 11.5 Å². The first-order valence-electron chi connectivity index (χ1n) is 4.02. The highest BCUT2D eigenvalue weighted by Gasteiger charge is 2.24. The topological polar surface area (TPSA) is 87.6 Å². The highest BCUT2D eigenvalue weighted by atomic mass is 16.7. The molecule has 0 aliphatic carbocycles. The lowest BCUT2D eigenvalue weighted by molar-refractivity contribution is -0.384. The molecule has 2 rings (SSSR count). The van der Waals surface area contributed by atoms with Gasteiger partial charge >= 0.3 is 0 Å². The minimum atomic E-state index is -0.535. The minimum absolute atomic E-state index is 0.0231. The van der Waals surface area contributed by atoms with Gasteiger partial charge < -0.3 is 15.2 Å². The fraction of sp³-hybridized carbons (Fsp3) is 0.250. The molecular formula is C8H8N2O4. The van der Waals surface area contributed by atoms with Crippen molar-refractivity contribution in [3.05, 3.63) is 28.3 Å². The van der Waals surface area contributed by atoms with Gasteiger partial charge in [-0.15, -0.1) is 0 Å². The van der Waals surface area contributed by atoms with Gasteiger partial charge in [0.05, 0.1) is 17.5 Å². The maximum absolute atomic E-state index is 10.4. The summed E-state index contributed by atoms with van der Waals surface area (Å²) in [6.45, 7) is 0.211. The second-order valence-electron chi connectivity index (χ2n) is 2.79. The number of non-ortho nitro benzene ring substituents is 1. The van der Waals surface area contributed by atoms with Crippen molar-refractivity contribution in [2.24, 2.45) is 5.73 Å². The number of fused-ring (bicyclic) bond motifs is 1. The largest absolute Gasteiger partial charge is 0.450 e. The van der Waals surface area contributed by atoms with Crippen LogP contribution in [0.2, 0.25) is 0 Å². The first-order chi connectivity index (χ1) is 6.70. The van der Waals surface area contributed by atoms with Gasteiger partial charge in [-0.25, -0.2) is 0 Å². The van der Waals surface area contributed by atoms with Crippen molar-refractivity contribution in [1.82, 2.24) is 0 Å². The molecule has 0 saturated carbocycles. The van der Waals surface area contributed by atoms with E-state index in [1.807, 2.05) is 0 Å². The molecule has 0 spiro atoms. The summed E-state index contributed by atoms with van der Waals surface area (Å²) < 4.78 is 10.4. The molecule has 1 aromatic rings. The van der Waals surface area contributed by atoms with Gasteiger partial charge in [-0.1, -0.05) is 0 Å². The van der Waals surface area contributed by atoms with E-state index in [9.17, 15) is 10.1 Å². The molecule has 74 valence electrons. The zero-order valence-corrected chi connectivity index (χ0v) is 7.17. The average Bonchev–Trinajstić information content (AvgIpc) is 2.58. The molecule has 1 aromatic carbocycles. The van der Waals surface area contributed by atoms with Crippen LogP contribution in [0.25, 0.3) is 0 Å². The monoisotopic (exact) mass is 196 g/mol. The van der Waals surface area contributed by atoms with Gasteiger partial charge in [0, 0.05) is 6.07 Å². The van der Waals surface area contributed by atoms with Crippen LogP contribution in [0.4, 0.5) is 5.69 Å². The molecule has 0 amide bonds. The van der Waals surface area contributed by atoms with Gasteiger partial charge in [-0.3, -0.25) is 10.1 Å². The lowest BCUT2D eigenvalue weighted by Gasteiger charge is -2.04. The number of nitrogens with zero attached hydrogens (tertiary/aromatic N) is 1. The van der Waals surface area contributed by atoms with E-state index in [-0.39, 0.29) is 12.2 Å². The smallest absolute Gasteiger partial charge is 0.273 e. The van der Waals surface area contributed by atoms with E-state index in [4.69, 9.17) is 15.2 Å². The SMILES string of the molecule is NCC1Oc2ccc([N+](=O)[O-])cc2O1. The van der Waals surface area contributed by atoms with Crippen LogP contribution < -0.4 is 15.2 Å². The summed E-state index contributed by atoms with van der Waals surface area (Å²) in [6, 6.07) is 4.19. The number of rotatable bonds is 2. The van der Waals surface area contributed by atoms with Crippen LogP contribution >= 0.6 is 0 Å². The van der Waals surface area contributed by atoms with Crippen molar-refractivity contribution in [3.63, 3.8) is 0 Å². The van der Waals surface area contributed by atoms with Crippen LogP contribution in [-0.2, 0) is 0 Å². The predicted molar refractivity (Wildman–Crippen MR) is 47.2 cm³/mol. The summed E-state index contributed by atoms with van der Waals surface area (Å²) in [4.78, 5) is 9.95. The molecule has 1 aliphatic rings. The van der Waals surface area contributed by atoms with Gasteiger partial charge in [0.25, 0.3) is 12.0 Å². The molecule has 1 unspecified atom stereocenters. The zero-order chi connectivity index (χ0) is 10.1. The van der Waals surface area contributed by atoms with Crippen LogP contribution in [0.1, 0.15) is 0 Å². The first-order valence-corrected chi connectivity index (χ1v) is 4.02. The van der Waals surface area contributed by atoms with Crippen molar-refractivity contribution >= 4 is 5.69 Å². The van der Waals surface area contributed by atoms with Gasteiger partial charge in [0.1, 0.15) is 0 Å². The molecule has 0 saturated heterocycles. The molecule has 0 aromatic heterocycles. The Morgan fingerprint density at radius 2 is 2.14 bits per heavy atom. The van der Waals surface area contributed by atoms with Crippen LogP contribution in [0.5, 0.6) is 11.5 Å². The third kappa shape index (κ3) is 1.35. The lowest BCUT2D eigenvalue weighted by atomic mass is 10.3. The Morgan fingerprint density at radius 1 is 1.43 bits per heavy atom. The number of hydrogen-bond acceptors (Lipinski definition) is 5. The van der Waals surface area contributed by atoms with Crippen LogP contribution in [-0.4, -0.2) is 17.8 Å². The normalized spacial score (nSPS) is 18.2. The molecule has 0 bridgehead atoms. The fourth-order valence-electron chi connectivity index (χ4n) is 1.20. The fourth-order valence-corrected chi connectivity index (χ4v) is 1.20. The van der Waals surface area contributed by atoms with E-state index < -0.39 is 11.2 Å². The molecule has 0 fully saturated rings. The Bertz CT molecular complexity index is 380. The highest BCUT2D eigenvalue weighted by Crippen LogP contribution is 2.36.